The maximum Gasteiger partial charge on any atom is 0.186 e. The lowest BCUT2D eigenvalue weighted by Crippen LogP contribution is -1.65. The van der Waals surface area contributed by atoms with Crippen molar-refractivity contribution in [2.75, 3.05) is 0 Å². The molecule has 1 aromatic heterocycles. The molecule has 0 aliphatic carbocycles. The zero-order valence-corrected chi connectivity index (χ0v) is 7.69. The van der Waals surface area contributed by atoms with Crippen LogP contribution in [0.3, 0.4) is 0 Å². The van der Waals surface area contributed by atoms with E-state index in [-0.39, 0.29) is 10.8 Å². The molecular weight excluding hydrogens is 192 g/mol. The van der Waals surface area contributed by atoms with Gasteiger partial charge < -0.3 is 10.2 Å². The van der Waals surface area contributed by atoms with E-state index < -0.39 is 0 Å². The topological polar surface area (TPSA) is 40.5 Å². The normalized spacial score (nSPS) is 10.8. The third-order valence-electron chi connectivity index (χ3n) is 1.65. The van der Waals surface area contributed by atoms with Crippen LogP contribution in [-0.2, 0) is 0 Å². The van der Waals surface area contributed by atoms with Crippen molar-refractivity contribution in [2.24, 2.45) is 0 Å². The number of thiol groups is 1. The predicted molar refractivity (Wildman–Crippen MR) is 52.4 cm³/mol. The van der Waals surface area contributed by atoms with E-state index in [0.717, 1.165) is 16.7 Å². The first kappa shape index (κ1) is 7.76. The monoisotopic (exact) mass is 198 g/mol. The predicted octanol–water partition coefficient (Wildman–Crippen LogP) is 2.60. The second-order valence-corrected chi connectivity index (χ2v) is 3.86. The van der Waals surface area contributed by atoms with E-state index in [2.05, 4.69) is 12.6 Å². The molecule has 2 nitrogen and oxygen atoms in total. The lowest BCUT2D eigenvalue weighted by molar-refractivity contribution is 0.480. The van der Waals surface area contributed by atoms with Gasteiger partial charge >= 0.3 is 0 Å². The van der Waals surface area contributed by atoms with Gasteiger partial charge in [0.25, 0.3) is 0 Å². The van der Waals surface area contributed by atoms with Crippen molar-refractivity contribution in [2.45, 2.75) is 4.90 Å². The first-order valence-corrected chi connectivity index (χ1v) is 4.59. The Morgan fingerprint density at radius 1 is 1.25 bits per heavy atom. The molecule has 0 aliphatic rings. The summed E-state index contributed by atoms with van der Waals surface area (Å²) < 4.78 is 0.681. The summed E-state index contributed by atoms with van der Waals surface area (Å²) in [4.78, 5) is 0.533. The molecule has 0 saturated heterocycles. The van der Waals surface area contributed by atoms with Gasteiger partial charge in [-0.1, -0.05) is 23.5 Å². The van der Waals surface area contributed by atoms with E-state index in [1.807, 2.05) is 6.07 Å². The number of hydrogen-bond donors (Lipinski definition) is 3. The van der Waals surface area contributed by atoms with E-state index in [9.17, 15) is 10.2 Å². The summed E-state index contributed by atoms with van der Waals surface area (Å²) >= 11 is 5.25. The fraction of sp³-hybridized carbons (Fsp3) is 0. The third-order valence-corrected chi connectivity index (χ3v) is 3.29. The summed E-state index contributed by atoms with van der Waals surface area (Å²) in [5.74, 6) is 0.188. The van der Waals surface area contributed by atoms with Gasteiger partial charge in [-0.2, -0.15) is 0 Å². The minimum Gasteiger partial charge on any atom is -0.506 e. The van der Waals surface area contributed by atoms with Crippen molar-refractivity contribution in [1.29, 1.82) is 0 Å². The van der Waals surface area contributed by atoms with Gasteiger partial charge in [-0.25, -0.2) is 0 Å². The fourth-order valence-electron chi connectivity index (χ4n) is 1.08. The molecule has 62 valence electrons. The molecule has 0 amide bonds. The van der Waals surface area contributed by atoms with Crippen LogP contribution in [0.15, 0.2) is 23.1 Å². The van der Waals surface area contributed by atoms with Crippen LogP contribution in [0.5, 0.6) is 10.8 Å². The molecule has 0 atom stereocenters. The highest BCUT2D eigenvalue weighted by molar-refractivity contribution is 7.81. The van der Waals surface area contributed by atoms with Gasteiger partial charge in [-0.15, -0.1) is 12.6 Å². The summed E-state index contributed by atoms with van der Waals surface area (Å²) in [7, 11) is 0. The van der Waals surface area contributed by atoms with Crippen LogP contribution in [0.4, 0.5) is 0 Å². The Morgan fingerprint density at radius 3 is 2.67 bits per heavy atom. The van der Waals surface area contributed by atoms with Gasteiger partial charge in [0.05, 0.1) is 9.60 Å². The van der Waals surface area contributed by atoms with Gasteiger partial charge in [0.2, 0.25) is 0 Å². The minimum atomic E-state index is 0.148. The number of thiophene rings is 1. The molecule has 0 bridgehead atoms. The number of hydrogen-bond acceptors (Lipinski definition) is 4. The standard InChI is InChI=1S/C8H6O2S2/c9-5-3-1-2-4-6(11)8(10)12-7(4)5/h1-3,9-11H. The molecule has 0 fully saturated rings. The SMILES string of the molecule is Oc1sc2c(O)cccc2c1S. The average Bonchev–Trinajstić information content (AvgIpc) is 2.32. The van der Waals surface area contributed by atoms with Crippen LogP contribution in [-0.4, -0.2) is 10.2 Å². The van der Waals surface area contributed by atoms with Crippen molar-refractivity contribution in [3.63, 3.8) is 0 Å². The lowest BCUT2D eigenvalue weighted by atomic mass is 10.2. The summed E-state index contributed by atoms with van der Waals surface area (Å²) in [6.45, 7) is 0. The summed E-state index contributed by atoms with van der Waals surface area (Å²) in [6.07, 6.45) is 0. The van der Waals surface area contributed by atoms with Crippen molar-refractivity contribution in [3.8, 4) is 10.8 Å². The number of aromatic hydroxyl groups is 2. The van der Waals surface area contributed by atoms with Crippen molar-refractivity contribution < 1.29 is 10.2 Å². The maximum atomic E-state index is 9.37. The van der Waals surface area contributed by atoms with Crippen LogP contribution in [0.25, 0.3) is 10.1 Å². The van der Waals surface area contributed by atoms with Crippen molar-refractivity contribution in [3.05, 3.63) is 18.2 Å². The molecule has 0 unspecified atom stereocenters. The average molecular weight is 198 g/mol. The van der Waals surface area contributed by atoms with Crippen LogP contribution in [0.2, 0.25) is 0 Å². The fourth-order valence-corrected chi connectivity index (χ4v) is 2.33. The molecule has 1 heterocycles. The van der Waals surface area contributed by atoms with Crippen molar-refractivity contribution >= 4 is 34.1 Å². The van der Waals surface area contributed by atoms with E-state index in [1.54, 1.807) is 12.1 Å². The highest BCUT2D eigenvalue weighted by Crippen LogP contribution is 2.42. The lowest BCUT2D eigenvalue weighted by Gasteiger charge is -1.92. The highest BCUT2D eigenvalue weighted by Gasteiger charge is 2.09. The summed E-state index contributed by atoms with van der Waals surface area (Å²) in [6, 6.07) is 5.13. The Balaban J connectivity index is 2.95. The zero-order chi connectivity index (χ0) is 8.72. The third kappa shape index (κ3) is 0.956. The van der Waals surface area contributed by atoms with E-state index in [0.29, 0.717) is 9.60 Å². The van der Waals surface area contributed by atoms with Gasteiger partial charge in [-0.3, -0.25) is 0 Å². The van der Waals surface area contributed by atoms with E-state index >= 15 is 0 Å². The highest BCUT2D eigenvalue weighted by atomic mass is 32.1. The Bertz CT molecular complexity index is 434. The number of phenols is 1. The Morgan fingerprint density at radius 2 is 2.00 bits per heavy atom. The Hall–Kier alpha value is -0.870. The van der Waals surface area contributed by atoms with Gasteiger partial charge in [-0.05, 0) is 6.07 Å². The van der Waals surface area contributed by atoms with Crippen LogP contribution >= 0.6 is 24.0 Å². The maximum absolute atomic E-state index is 9.37. The molecular formula is C8H6O2S2. The second-order valence-electron chi connectivity index (χ2n) is 2.41. The summed E-state index contributed by atoms with van der Waals surface area (Å²) in [5, 5.41) is 19.6. The number of rotatable bonds is 0. The minimum absolute atomic E-state index is 0.148. The molecule has 2 aromatic rings. The number of benzene rings is 1. The first-order chi connectivity index (χ1) is 5.70. The largest absolute Gasteiger partial charge is 0.506 e. The molecule has 0 radical (unpaired) electrons. The molecule has 0 spiro atoms. The van der Waals surface area contributed by atoms with Crippen molar-refractivity contribution in [1.82, 2.24) is 0 Å². The smallest absolute Gasteiger partial charge is 0.186 e. The van der Waals surface area contributed by atoms with Gasteiger partial charge in [0.1, 0.15) is 5.75 Å². The van der Waals surface area contributed by atoms with Gasteiger partial charge in [0.15, 0.2) is 5.06 Å². The molecule has 12 heavy (non-hydrogen) atoms. The zero-order valence-electron chi connectivity index (χ0n) is 5.98. The Labute approximate surface area is 78.5 Å². The summed E-state index contributed by atoms with van der Waals surface area (Å²) in [5.41, 5.74) is 0. The number of fused-ring (bicyclic) bond motifs is 1. The van der Waals surface area contributed by atoms with E-state index in [1.165, 1.54) is 0 Å². The van der Waals surface area contributed by atoms with E-state index in [4.69, 9.17) is 0 Å². The second kappa shape index (κ2) is 2.57. The van der Waals surface area contributed by atoms with Crippen LogP contribution in [0, 0.1) is 0 Å². The molecule has 2 N–H and O–H groups in total. The molecule has 0 aliphatic heterocycles. The van der Waals surface area contributed by atoms with Gasteiger partial charge in [0, 0.05) is 5.39 Å². The quantitative estimate of drug-likeness (QED) is 0.569. The first-order valence-electron chi connectivity index (χ1n) is 3.32. The molecule has 1 aromatic carbocycles. The Kier molecular flexibility index (Phi) is 1.66. The molecule has 0 saturated carbocycles. The van der Waals surface area contributed by atoms with Crippen LogP contribution < -0.4 is 0 Å². The molecule has 4 heteroatoms. The molecule has 2 rings (SSSR count). The van der Waals surface area contributed by atoms with Crippen LogP contribution in [0.1, 0.15) is 0 Å². The number of phenolic OH excluding ortho intramolecular Hbond substituents is 1.